The molecular weight excluding hydrogens is 194 g/mol. The van der Waals surface area contributed by atoms with Crippen molar-refractivity contribution in [3.8, 4) is 0 Å². The first-order valence-corrected chi connectivity index (χ1v) is 6.54. The van der Waals surface area contributed by atoms with Crippen LogP contribution in [0, 0.1) is 5.92 Å². The molecule has 88 valence electrons. The molecule has 1 atom stereocenters. The Morgan fingerprint density at radius 2 is 2.12 bits per heavy atom. The third kappa shape index (κ3) is 2.65. The Labute approximate surface area is 99.0 Å². The van der Waals surface area contributed by atoms with Crippen LogP contribution >= 0.6 is 0 Å². The van der Waals surface area contributed by atoms with E-state index in [9.17, 15) is 0 Å². The van der Waals surface area contributed by atoms with Gasteiger partial charge < -0.3 is 5.73 Å². The maximum absolute atomic E-state index is 6.25. The van der Waals surface area contributed by atoms with Crippen LogP contribution in [0.4, 0.5) is 0 Å². The normalized spacial score (nSPS) is 20.6. The SMILES string of the molecule is CC(C)Cc1ccc2c(c1)[C@@H](N)CCCC2. The average molecular weight is 217 g/mol. The van der Waals surface area contributed by atoms with Gasteiger partial charge >= 0.3 is 0 Å². The van der Waals surface area contributed by atoms with Gasteiger partial charge in [-0.3, -0.25) is 0 Å². The standard InChI is InChI=1S/C15H23N/c1-11(2)9-12-7-8-13-5-3-4-6-15(16)14(13)10-12/h7-8,10-11,15H,3-6,9,16H2,1-2H3/t15-/m0/s1. The number of fused-ring (bicyclic) bond motifs is 1. The maximum atomic E-state index is 6.25. The summed E-state index contributed by atoms with van der Waals surface area (Å²) in [6.45, 7) is 4.54. The van der Waals surface area contributed by atoms with Crippen LogP contribution < -0.4 is 5.73 Å². The molecule has 0 saturated carbocycles. The van der Waals surface area contributed by atoms with Gasteiger partial charge in [-0.2, -0.15) is 0 Å². The molecule has 1 aliphatic carbocycles. The highest BCUT2D eigenvalue weighted by Crippen LogP contribution is 2.28. The molecule has 2 rings (SSSR count). The predicted molar refractivity (Wildman–Crippen MR) is 69.5 cm³/mol. The Morgan fingerprint density at radius 3 is 2.88 bits per heavy atom. The second kappa shape index (κ2) is 5.01. The van der Waals surface area contributed by atoms with Crippen LogP contribution in [0.3, 0.4) is 0 Å². The molecule has 0 aliphatic heterocycles. The molecule has 1 aromatic carbocycles. The van der Waals surface area contributed by atoms with E-state index in [4.69, 9.17) is 5.73 Å². The van der Waals surface area contributed by atoms with Gasteiger partial charge in [0.1, 0.15) is 0 Å². The summed E-state index contributed by atoms with van der Waals surface area (Å²) in [5, 5.41) is 0. The van der Waals surface area contributed by atoms with Gasteiger partial charge in [-0.05, 0) is 48.3 Å². The largest absolute Gasteiger partial charge is 0.324 e. The first-order chi connectivity index (χ1) is 7.66. The average Bonchev–Trinajstić information content (AvgIpc) is 2.41. The molecular formula is C15H23N. The molecule has 0 amide bonds. The number of nitrogens with two attached hydrogens (primary N) is 1. The van der Waals surface area contributed by atoms with Gasteiger partial charge in [0.2, 0.25) is 0 Å². The number of aryl methyl sites for hydroxylation is 1. The first-order valence-electron chi connectivity index (χ1n) is 6.54. The Kier molecular flexibility index (Phi) is 3.65. The van der Waals surface area contributed by atoms with E-state index in [-0.39, 0.29) is 6.04 Å². The van der Waals surface area contributed by atoms with Gasteiger partial charge in [-0.15, -0.1) is 0 Å². The van der Waals surface area contributed by atoms with E-state index >= 15 is 0 Å². The molecule has 0 fully saturated rings. The van der Waals surface area contributed by atoms with Crippen molar-refractivity contribution in [1.29, 1.82) is 0 Å². The highest BCUT2D eigenvalue weighted by atomic mass is 14.6. The second-order valence-electron chi connectivity index (χ2n) is 5.48. The predicted octanol–water partition coefficient (Wildman–Crippen LogP) is 3.61. The van der Waals surface area contributed by atoms with E-state index in [1.54, 1.807) is 0 Å². The van der Waals surface area contributed by atoms with Gasteiger partial charge in [0, 0.05) is 6.04 Å². The van der Waals surface area contributed by atoms with Crippen LogP contribution in [0.25, 0.3) is 0 Å². The fourth-order valence-electron chi connectivity index (χ4n) is 2.65. The molecule has 0 radical (unpaired) electrons. The van der Waals surface area contributed by atoms with Crippen LogP contribution in [0.2, 0.25) is 0 Å². The zero-order chi connectivity index (χ0) is 11.5. The zero-order valence-corrected chi connectivity index (χ0v) is 10.5. The lowest BCUT2D eigenvalue weighted by molar-refractivity contribution is 0.612. The molecule has 0 unspecified atom stereocenters. The third-order valence-corrected chi connectivity index (χ3v) is 3.46. The minimum atomic E-state index is 0.268. The van der Waals surface area contributed by atoms with Crippen molar-refractivity contribution in [3.63, 3.8) is 0 Å². The molecule has 0 saturated heterocycles. The van der Waals surface area contributed by atoms with Crippen LogP contribution in [0.15, 0.2) is 18.2 Å². The van der Waals surface area contributed by atoms with Gasteiger partial charge in [-0.1, -0.05) is 38.5 Å². The first kappa shape index (κ1) is 11.7. The number of hydrogen-bond acceptors (Lipinski definition) is 1. The number of rotatable bonds is 2. The molecule has 0 aromatic heterocycles. The highest BCUT2D eigenvalue weighted by Gasteiger charge is 2.15. The third-order valence-electron chi connectivity index (χ3n) is 3.46. The smallest absolute Gasteiger partial charge is 0.0297 e. The minimum Gasteiger partial charge on any atom is -0.324 e. The van der Waals surface area contributed by atoms with Gasteiger partial charge in [0.15, 0.2) is 0 Å². The van der Waals surface area contributed by atoms with Crippen LogP contribution in [0.5, 0.6) is 0 Å². The van der Waals surface area contributed by atoms with Crippen LogP contribution in [0.1, 0.15) is 55.8 Å². The van der Waals surface area contributed by atoms with Crippen molar-refractivity contribution in [1.82, 2.24) is 0 Å². The molecule has 1 nitrogen and oxygen atoms in total. The lowest BCUT2D eigenvalue weighted by Gasteiger charge is -2.15. The summed E-state index contributed by atoms with van der Waals surface area (Å²) in [5.41, 5.74) is 10.6. The van der Waals surface area contributed by atoms with E-state index in [1.165, 1.54) is 42.4 Å². The van der Waals surface area contributed by atoms with E-state index < -0.39 is 0 Å². The highest BCUT2D eigenvalue weighted by molar-refractivity contribution is 5.35. The van der Waals surface area contributed by atoms with E-state index in [2.05, 4.69) is 32.0 Å². The van der Waals surface area contributed by atoms with Crippen LogP contribution in [-0.2, 0) is 12.8 Å². The van der Waals surface area contributed by atoms with Crippen molar-refractivity contribution >= 4 is 0 Å². The summed E-state index contributed by atoms with van der Waals surface area (Å²) in [7, 11) is 0. The van der Waals surface area contributed by atoms with Gasteiger partial charge in [0.05, 0.1) is 0 Å². The van der Waals surface area contributed by atoms with E-state index in [0.29, 0.717) is 0 Å². The van der Waals surface area contributed by atoms with E-state index in [1.807, 2.05) is 0 Å². The summed E-state index contributed by atoms with van der Waals surface area (Å²) in [6.07, 6.45) is 6.10. The topological polar surface area (TPSA) is 26.0 Å². The fraction of sp³-hybridized carbons (Fsp3) is 0.600. The summed E-state index contributed by atoms with van der Waals surface area (Å²) in [6, 6.07) is 7.21. The molecule has 0 bridgehead atoms. The lowest BCUT2D eigenvalue weighted by Crippen LogP contribution is -2.11. The van der Waals surface area contributed by atoms with E-state index in [0.717, 1.165) is 12.3 Å². The molecule has 0 spiro atoms. The van der Waals surface area contributed by atoms with Crippen LogP contribution in [-0.4, -0.2) is 0 Å². The summed E-state index contributed by atoms with van der Waals surface area (Å²) >= 11 is 0. The van der Waals surface area contributed by atoms with Crippen molar-refractivity contribution in [2.45, 2.75) is 52.0 Å². The summed E-state index contributed by atoms with van der Waals surface area (Å²) in [4.78, 5) is 0. The van der Waals surface area contributed by atoms with Crippen molar-refractivity contribution in [3.05, 3.63) is 34.9 Å². The quantitative estimate of drug-likeness (QED) is 0.752. The van der Waals surface area contributed by atoms with Crippen molar-refractivity contribution in [2.24, 2.45) is 11.7 Å². The van der Waals surface area contributed by atoms with Gasteiger partial charge in [-0.25, -0.2) is 0 Å². The monoisotopic (exact) mass is 217 g/mol. The van der Waals surface area contributed by atoms with Crippen molar-refractivity contribution < 1.29 is 0 Å². The number of hydrogen-bond donors (Lipinski definition) is 1. The molecule has 1 heteroatoms. The molecule has 1 aromatic rings. The second-order valence-corrected chi connectivity index (χ2v) is 5.48. The lowest BCUT2D eigenvalue weighted by atomic mass is 9.94. The van der Waals surface area contributed by atoms with Crippen molar-refractivity contribution in [2.75, 3.05) is 0 Å². The Balaban J connectivity index is 2.28. The Bertz CT molecular complexity index is 354. The Hall–Kier alpha value is -0.820. The number of benzene rings is 1. The molecule has 0 heterocycles. The fourth-order valence-corrected chi connectivity index (χ4v) is 2.65. The molecule has 16 heavy (non-hydrogen) atoms. The zero-order valence-electron chi connectivity index (χ0n) is 10.5. The molecule has 1 aliphatic rings. The molecule has 2 N–H and O–H groups in total. The minimum absolute atomic E-state index is 0.268. The summed E-state index contributed by atoms with van der Waals surface area (Å²) < 4.78 is 0. The van der Waals surface area contributed by atoms with Gasteiger partial charge in [0.25, 0.3) is 0 Å². The summed E-state index contributed by atoms with van der Waals surface area (Å²) in [5.74, 6) is 0.722. The maximum Gasteiger partial charge on any atom is 0.0297 e. The Morgan fingerprint density at radius 1 is 1.31 bits per heavy atom.